The summed E-state index contributed by atoms with van der Waals surface area (Å²) in [6.07, 6.45) is 0.674. The number of hydrogen-bond acceptors (Lipinski definition) is 6. The molecule has 32 heavy (non-hydrogen) atoms. The average Bonchev–Trinajstić information content (AvgIpc) is 3.13. The van der Waals surface area contributed by atoms with E-state index in [9.17, 15) is 13.6 Å². The third kappa shape index (κ3) is 4.01. The first-order valence-electron chi connectivity index (χ1n) is 10.0. The molecule has 0 spiro atoms. The standard InChI is InChI=1S/C23H21F2N5O2/c1-4-18-19-21(26-12-13-5-8-15(24)9-6-13)27-20(28-22(19)30(2)29-18)14-7-10-16(17(25)11-14)23(31)32-3/h5-11H,4,12H2,1-3H3,(H,26,27,28). The van der Waals surface area contributed by atoms with Gasteiger partial charge in [-0.25, -0.2) is 28.2 Å². The highest BCUT2D eigenvalue weighted by molar-refractivity contribution is 5.92. The van der Waals surface area contributed by atoms with E-state index in [0.717, 1.165) is 16.6 Å². The lowest BCUT2D eigenvalue weighted by atomic mass is 10.1. The summed E-state index contributed by atoms with van der Waals surface area (Å²) in [5.74, 6) is -0.973. The van der Waals surface area contributed by atoms with Crippen LogP contribution in [0.5, 0.6) is 0 Å². The molecule has 0 aliphatic heterocycles. The van der Waals surface area contributed by atoms with E-state index in [1.165, 1.54) is 31.4 Å². The number of aromatic nitrogens is 4. The zero-order valence-corrected chi connectivity index (χ0v) is 17.8. The minimum atomic E-state index is -0.758. The van der Waals surface area contributed by atoms with Crippen molar-refractivity contribution in [3.05, 3.63) is 70.9 Å². The second-order valence-electron chi connectivity index (χ2n) is 7.18. The van der Waals surface area contributed by atoms with Gasteiger partial charge in [-0.1, -0.05) is 25.1 Å². The smallest absolute Gasteiger partial charge is 0.340 e. The number of carbonyl (C=O) groups is 1. The van der Waals surface area contributed by atoms with Crippen molar-refractivity contribution in [1.82, 2.24) is 19.7 Å². The Morgan fingerprint density at radius 3 is 2.53 bits per heavy atom. The molecule has 0 aliphatic rings. The van der Waals surface area contributed by atoms with Crippen LogP contribution in [0.1, 0.15) is 28.5 Å². The molecule has 0 fully saturated rings. The number of nitrogens with one attached hydrogen (secondary N) is 1. The van der Waals surface area contributed by atoms with Crippen molar-refractivity contribution in [2.75, 3.05) is 12.4 Å². The SMILES string of the molecule is CCc1nn(C)c2nc(-c3ccc(C(=O)OC)c(F)c3)nc(NCc3ccc(F)cc3)c12. The summed E-state index contributed by atoms with van der Waals surface area (Å²) in [5.41, 5.74) is 2.52. The number of methoxy groups -OCH3 is 1. The summed E-state index contributed by atoms with van der Waals surface area (Å²) in [7, 11) is 2.97. The molecule has 7 nitrogen and oxygen atoms in total. The van der Waals surface area contributed by atoms with Gasteiger partial charge in [0.25, 0.3) is 0 Å². The second-order valence-corrected chi connectivity index (χ2v) is 7.18. The highest BCUT2D eigenvalue weighted by atomic mass is 19.1. The summed E-state index contributed by atoms with van der Waals surface area (Å²) in [6, 6.07) is 10.3. The van der Waals surface area contributed by atoms with Crippen LogP contribution < -0.4 is 5.32 Å². The van der Waals surface area contributed by atoms with Crippen molar-refractivity contribution < 1.29 is 18.3 Å². The number of carbonyl (C=O) groups excluding carboxylic acids is 1. The third-order valence-corrected chi connectivity index (χ3v) is 5.10. The topological polar surface area (TPSA) is 81.9 Å². The summed E-state index contributed by atoms with van der Waals surface area (Å²) < 4.78 is 34.0. The van der Waals surface area contributed by atoms with Crippen molar-refractivity contribution >= 4 is 22.8 Å². The van der Waals surface area contributed by atoms with Crippen molar-refractivity contribution in [3.8, 4) is 11.4 Å². The van der Waals surface area contributed by atoms with Crippen molar-refractivity contribution in [3.63, 3.8) is 0 Å². The number of anilines is 1. The van der Waals surface area contributed by atoms with Crippen LogP contribution in [0.15, 0.2) is 42.5 Å². The van der Waals surface area contributed by atoms with Gasteiger partial charge < -0.3 is 10.1 Å². The minimum absolute atomic E-state index is 0.166. The Kier molecular flexibility index (Phi) is 5.81. The molecule has 0 bridgehead atoms. The molecule has 0 saturated heterocycles. The Bertz CT molecular complexity index is 1300. The molecule has 0 atom stereocenters. The molecule has 0 aliphatic carbocycles. The van der Waals surface area contributed by atoms with Gasteiger partial charge in [0, 0.05) is 19.2 Å². The fourth-order valence-electron chi connectivity index (χ4n) is 3.45. The zero-order chi connectivity index (χ0) is 22.8. The lowest BCUT2D eigenvalue weighted by Gasteiger charge is -2.11. The predicted molar refractivity (Wildman–Crippen MR) is 116 cm³/mol. The van der Waals surface area contributed by atoms with E-state index in [-0.39, 0.29) is 17.2 Å². The maximum absolute atomic E-state index is 14.5. The zero-order valence-electron chi connectivity index (χ0n) is 17.8. The Labute approximate surface area is 183 Å². The van der Waals surface area contributed by atoms with Crippen molar-refractivity contribution in [2.45, 2.75) is 19.9 Å². The maximum Gasteiger partial charge on any atom is 0.340 e. The van der Waals surface area contributed by atoms with E-state index < -0.39 is 11.8 Å². The molecule has 4 aromatic rings. The van der Waals surface area contributed by atoms with Gasteiger partial charge in [0.1, 0.15) is 17.5 Å². The number of ether oxygens (including phenoxy) is 1. The summed E-state index contributed by atoms with van der Waals surface area (Å²) in [5, 5.41) is 8.58. The Morgan fingerprint density at radius 2 is 1.88 bits per heavy atom. The van der Waals surface area contributed by atoms with E-state index in [1.54, 1.807) is 29.9 Å². The van der Waals surface area contributed by atoms with Gasteiger partial charge in [-0.05, 0) is 36.2 Å². The van der Waals surface area contributed by atoms with Gasteiger partial charge in [0.15, 0.2) is 11.5 Å². The number of esters is 1. The molecular weight excluding hydrogens is 416 g/mol. The number of halogens is 2. The van der Waals surface area contributed by atoms with Crippen LogP contribution in [0, 0.1) is 11.6 Å². The van der Waals surface area contributed by atoms with E-state index in [4.69, 9.17) is 0 Å². The van der Waals surface area contributed by atoms with E-state index in [1.807, 2.05) is 6.92 Å². The fraction of sp³-hybridized carbons (Fsp3) is 0.217. The van der Waals surface area contributed by atoms with E-state index in [2.05, 4.69) is 25.1 Å². The number of hydrogen-bond donors (Lipinski definition) is 1. The van der Waals surface area contributed by atoms with Crippen LogP contribution in [0.2, 0.25) is 0 Å². The van der Waals surface area contributed by atoms with Gasteiger partial charge in [0.2, 0.25) is 0 Å². The highest BCUT2D eigenvalue weighted by Crippen LogP contribution is 2.29. The van der Waals surface area contributed by atoms with Crippen LogP contribution in [-0.4, -0.2) is 32.8 Å². The third-order valence-electron chi connectivity index (χ3n) is 5.10. The van der Waals surface area contributed by atoms with Gasteiger partial charge in [-0.3, -0.25) is 0 Å². The molecule has 9 heteroatoms. The summed E-state index contributed by atoms with van der Waals surface area (Å²) in [4.78, 5) is 20.9. The predicted octanol–water partition coefficient (Wildman–Crippen LogP) is 4.27. The first kappa shape index (κ1) is 21.4. The average molecular weight is 437 g/mol. The monoisotopic (exact) mass is 437 g/mol. The molecule has 2 heterocycles. The number of aryl methyl sites for hydroxylation is 2. The van der Waals surface area contributed by atoms with Crippen LogP contribution in [0.3, 0.4) is 0 Å². The molecule has 0 unspecified atom stereocenters. The number of rotatable bonds is 6. The van der Waals surface area contributed by atoms with Gasteiger partial charge in [0.05, 0.1) is 23.8 Å². The largest absolute Gasteiger partial charge is 0.465 e. The molecule has 0 amide bonds. The molecule has 2 aromatic carbocycles. The Balaban J connectivity index is 1.79. The normalized spacial score (nSPS) is 11.0. The van der Waals surface area contributed by atoms with Crippen LogP contribution in [-0.2, 0) is 24.8 Å². The van der Waals surface area contributed by atoms with Gasteiger partial charge in [-0.15, -0.1) is 0 Å². The van der Waals surface area contributed by atoms with Crippen molar-refractivity contribution in [1.29, 1.82) is 0 Å². The van der Waals surface area contributed by atoms with E-state index in [0.29, 0.717) is 30.0 Å². The van der Waals surface area contributed by atoms with Crippen molar-refractivity contribution in [2.24, 2.45) is 7.05 Å². The summed E-state index contributed by atoms with van der Waals surface area (Å²) >= 11 is 0. The Morgan fingerprint density at radius 1 is 1.12 bits per heavy atom. The number of fused-ring (bicyclic) bond motifs is 1. The fourth-order valence-corrected chi connectivity index (χ4v) is 3.45. The molecule has 1 N–H and O–H groups in total. The second kappa shape index (κ2) is 8.70. The molecule has 2 aromatic heterocycles. The first-order valence-corrected chi connectivity index (χ1v) is 10.0. The number of nitrogens with zero attached hydrogens (tertiary/aromatic N) is 4. The molecule has 0 radical (unpaired) electrons. The molecule has 164 valence electrons. The van der Waals surface area contributed by atoms with Gasteiger partial charge >= 0.3 is 5.97 Å². The lowest BCUT2D eigenvalue weighted by molar-refractivity contribution is 0.0595. The van der Waals surface area contributed by atoms with Crippen LogP contribution >= 0.6 is 0 Å². The van der Waals surface area contributed by atoms with Crippen LogP contribution in [0.25, 0.3) is 22.4 Å². The van der Waals surface area contributed by atoms with E-state index >= 15 is 0 Å². The highest BCUT2D eigenvalue weighted by Gasteiger charge is 2.19. The molecule has 0 saturated carbocycles. The summed E-state index contributed by atoms with van der Waals surface area (Å²) in [6.45, 7) is 2.39. The molecular formula is C23H21F2N5O2. The first-order chi connectivity index (χ1) is 15.4. The number of benzene rings is 2. The minimum Gasteiger partial charge on any atom is -0.465 e. The lowest BCUT2D eigenvalue weighted by Crippen LogP contribution is -2.06. The molecule has 4 rings (SSSR count). The maximum atomic E-state index is 14.5. The Hall–Kier alpha value is -3.88. The van der Waals surface area contributed by atoms with Crippen LogP contribution in [0.4, 0.5) is 14.6 Å². The van der Waals surface area contributed by atoms with Gasteiger partial charge in [-0.2, -0.15) is 5.10 Å². The quantitative estimate of drug-likeness (QED) is 0.454.